The average Bonchev–Trinajstić information content (AvgIpc) is 3.06. The SMILES string of the molecule is Cn1cc(C2(C)CN(c3ncc(S(N)(=O)=O)s3)CCO2)cn1. The van der Waals surface area contributed by atoms with E-state index < -0.39 is 15.6 Å². The molecule has 10 heteroatoms. The van der Waals surface area contributed by atoms with Crippen LogP contribution in [0.3, 0.4) is 0 Å². The molecule has 0 spiro atoms. The Bertz CT molecular complexity index is 784. The third-order valence-corrected chi connectivity index (χ3v) is 6.08. The van der Waals surface area contributed by atoms with Crippen molar-refractivity contribution in [1.82, 2.24) is 14.8 Å². The second-order valence-corrected chi connectivity index (χ2v) is 8.21. The number of sulfonamides is 1. The summed E-state index contributed by atoms with van der Waals surface area (Å²) in [6.07, 6.45) is 4.99. The van der Waals surface area contributed by atoms with Crippen molar-refractivity contribution in [2.45, 2.75) is 16.7 Å². The van der Waals surface area contributed by atoms with E-state index in [1.54, 1.807) is 10.9 Å². The molecule has 2 N–H and O–H groups in total. The van der Waals surface area contributed by atoms with Gasteiger partial charge in [0.25, 0.3) is 0 Å². The van der Waals surface area contributed by atoms with Crippen molar-refractivity contribution in [3.63, 3.8) is 0 Å². The van der Waals surface area contributed by atoms with E-state index in [4.69, 9.17) is 9.88 Å². The van der Waals surface area contributed by atoms with Gasteiger partial charge in [0.15, 0.2) is 9.34 Å². The second-order valence-electron chi connectivity index (χ2n) is 5.41. The normalized spacial score (nSPS) is 23.0. The Balaban J connectivity index is 1.85. The first kappa shape index (κ1) is 15.4. The van der Waals surface area contributed by atoms with Crippen LogP contribution >= 0.6 is 11.3 Å². The van der Waals surface area contributed by atoms with E-state index in [-0.39, 0.29) is 4.21 Å². The zero-order chi connectivity index (χ0) is 16.0. The zero-order valence-electron chi connectivity index (χ0n) is 12.3. The van der Waals surface area contributed by atoms with E-state index >= 15 is 0 Å². The summed E-state index contributed by atoms with van der Waals surface area (Å²) >= 11 is 1.07. The van der Waals surface area contributed by atoms with Crippen LogP contribution in [-0.4, -0.2) is 42.9 Å². The monoisotopic (exact) mass is 343 g/mol. The Morgan fingerprint density at radius 1 is 1.45 bits per heavy atom. The van der Waals surface area contributed by atoms with E-state index in [0.717, 1.165) is 16.9 Å². The minimum Gasteiger partial charge on any atom is -0.367 e. The lowest BCUT2D eigenvalue weighted by molar-refractivity contribution is -0.0466. The van der Waals surface area contributed by atoms with Gasteiger partial charge in [-0.3, -0.25) is 4.68 Å². The predicted octanol–water partition coefficient (Wildman–Crippen LogP) is 0.276. The van der Waals surface area contributed by atoms with Gasteiger partial charge in [0, 0.05) is 25.4 Å². The van der Waals surface area contributed by atoms with Gasteiger partial charge in [-0.25, -0.2) is 18.5 Å². The molecule has 1 aliphatic rings. The number of aryl methyl sites for hydroxylation is 1. The largest absolute Gasteiger partial charge is 0.367 e. The van der Waals surface area contributed by atoms with Crippen LogP contribution in [0.1, 0.15) is 12.5 Å². The van der Waals surface area contributed by atoms with E-state index in [1.165, 1.54) is 6.20 Å². The smallest absolute Gasteiger partial charge is 0.249 e. The van der Waals surface area contributed by atoms with Crippen molar-refractivity contribution in [2.24, 2.45) is 12.2 Å². The lowest BCUT2D eigenvalue weighted by Crippen LogP contribution is -2.48. The van der Waals surface area contributed by atoms with Crippen LogP contribution in [0.5, 0.6) is 0 Å². The minimum atomic E-state index is -3.71. The first-order valence-corrected chi connectivity index (χ1v) is 9.01. The molecule has 8 nitrogen and oxygen atoms in total. The molecular weight excluding hydrogens is 326 g/mol. The maximum atomic E-state index is 11.4. The van der Waals surface area contributed by atoms with E-state index in [1.807, 2.05) is 25.1 Å². The summed E-state index contributed by atoms with van der Waals surface area (Å²) in [5.41, 5.74) is 0.461. The summed E-state index contributed by atoms with van der Waals surface area (Å²) in [4.78, 5) is 6.19. The van der Waals surface area contributed by atoms with E-state index in [9.17, 15) is 8.42 Å². The summed E-state index contributed by atoms with van der Waals surface area (Å²) in [6.45, 7) is 3.73. The molecule has 1 saturated heterocycles. The number of hydrogen-bond donors (Lipinski definition) is 1. The van der Waals surface area contributed by atoms with Crippen LogP contribution in [-0.2, 0) is 27.4 Å². The number of nitrogens with two attached hydrogens (primary N) is 1. The number of thiazole rings is 1. The Morgan fingerprint density at radius 3 is 2.82 bits per heavy atom. The van der Waals surface area contributed by atoms with Crippen molar-refractivity contribution in [3.8, 4) is 0 Å². The standard InChI is InChI=1S/C12H17N5O3S2/c1-12(9-5-15-16(2)7-9)8-17(3-4-20-12)11-14-6-10(21-11)22(13,18)19/h5-7H,3-4,8H2,1-2H3,(H2,13,18,19). The fourth-order valence-corrected chi connectivity index (χ4v) is 3.99. The molecule has 0 aliphatic carbocycles. The number of anilines is 1. The Morgan fingerprint density at radius 2 is 2.23 bits per heavy atom. The van der Waals surface area contributed by atoms with Gasteiger partial charge < -0.3 is 9.64 Å². The van der Waals surface area contributed by atoms with Crippen LogP contribution in [0.25, 0.3) is 0 Å². The van der Waals surface area contributed by atoms with Gasteiger partial charge in [-0.2, -0.15) is 5.10 Å². The molecular formula is C12H17N5O3S2. The molecule has 3 heterocycles. The minimum absolute atomic E-state index is 0.0667. The Labute approximate surface area is 132 Å². The number of morpholine rings is 1. The molecule has 0 aromatic carbocycles. The molecule has 2 aromatic heterocycles. The quantitative estimate of drug-likeness (QED) is 0.858. The number of hydrogen-bond acceptors (Lipinski definition) is 7. The van der Waals surface area contributed by atoms with Crippen LogP contribution in [0.2, 0.25) is 0 Å². The summed E-state index contributed by atoms with van der Waals surface area (Å²) in [6, 6.07) is 0. The Kier molecular flexibility index (Phi) is 3.71. The number of nitrogens with zero attached hydrogens (tertiary/aromatic N) is 4. The first-order valence-electron chi connectivity index (χ1n) is 6.65. The molecule has 0 radical (unpaired) electrons. The second kappa shape index (κ2) is 5.30. The molecule has 1 fully saturated rings. The van der Waals surface area contributed by atoms with Gasteiger partial charge in [0.2, 0.25) is 10.0 Å². The fourth-order valence-electron chi connectivity index (χ4n) is 2.43. The molecule has 0 amide bonds. The maximum absolute atomic E-state index is 11.4. The number of ether oxygens (including phenoxy) is 1. The predicted molar refractivity (Wildman–Crippen MR) is 82.2 cm³/mol. The highest BCUT2D eigenvalue weighted by Gasteiger charge is 2.36. The van der Waals surface area contributed by atoms with Crippen molar-refractivity contribution in [2.75, 3.05) is 24.6 Å². The topological polar surface area (TPSA) is 103 Å². The van der Waals surface area contributed by atoms with Crippen LogP contribution in [0.4, 0.5) is 5.13 Å². The molecule has 1 atom stereocenters. The molecule has 1 unspecified atom stereocenters. The van der Waals surface area contributed by atoms with E-state index in [0.29, 0.717) is 24.8 Å². The van der Waals surface area contributed by atoms with Gasteiger partial charge in [0.1, 0.15) is 5.60 Å². The summed E-state index contributed by atoms with van der Waals surface area (Å²) in [5.74, 6) is 0. The van der Waals surface area contributed by atoms with Crippen molar-refractivity contribution >= 4 is 26.5 Å². The van der Waals surface area contributed by atoms with Gasteiger partial charge in [-0.1, -0.05) is 11.3 Å². The van der Waals surface area contributed by atoms with Crippen LogP contribution in [0.15, 0.2) is 22.8 Å². The maximum Gasteiger partial charge on any atom is 0.249 e. The lowest BCUT2D eigenvalue weighted by Gasteiger charge is -2.39. The molecule has 120 valence electrons. The van der Waals surface area contributed by atoms with Crippen molar-refractivity contribution in [1.29, 1.82) is 0 Å². The molecule has 1 aliphatic heterocycles. The molecule has 2 aromatic rings. The molecule has 22 heavy (non-hydrogen) atoms. The highest BCUT2D eigenvalue weighted by atomic mass is 32.2. The number of primary sulfonamides is 1. The third kappa shape index (κ3) is 2.86. The Hall–Kier alpha value is -1.49. The summed E-state index contributed by atoms with van der Waals surface area (Å²) < 4.78 is 30.5. The molecule has 3 rings (SSSR count). The first-order chi connectivity index (χ1) is 10.3. The van der Waals surface area contributed by atoms with Crippen LogP contribution < -0.4 is 10.0 Å². The lowest BCUT2D eigenvalue weighted by atomic mass is 9.97. The van der Waals surface area contributed by atoms with Crippen LogP contribution in [0, 0.1) is 0 Å². The fraction of sp³-hybridized carbons (Fsp3) is 0.500. The summed E-state index contributed by atoms with van der Waals surface area (Å²) in [7, 11) is -1.86. The van der Waals surface area contributed by atoms with Crippen molar-refractivity contribution in [3.05, 3.63) is 24.2 Å². The van der Waals surface area contributed by atoms with Gasteiger partial charge >= 0.3 is 0 Å². The zero-order valence-corrected chi connectivity index (χ0v) is 13.9. The van der Waals surface area contributed by atoms with Crippen molar-refractivity contribution < 1.29 is 13.2 Å². The van der Waals surface area contributed by atoms with Gasteiger partial charge in [-0.05, 0) is 6.92 Å². The third-order valence-electron chi connectivity index (χ3n) is 3.61. The number of rotatable bonds is 3. The van der Waals surface area contributed by atoms with E-state index in [2.05, 4.69) is 10.1 Å². The average molecular weight is 343 g/mol. The highest BCUT2D eigenvalue weighted by molar-refractivity contribution is 7.91. The number of aromatic nitrogens is 3. The molecule has 0 saturated carbocycles. The summed E-state index contributed by atoms with van der Waals surface area (Å²) in [5, 5.41) is 9.94. The van der Waals surface area contributed by atoms with Gasteiger partial charge in [0.05, 0.1) is 25.5 Å². The molecule has 0 bridgehead atoms. The van der Waals surface area contributed by atoms with Gasteiger partial charge in [-0.15, -0.1) is 0 Å². The highest BCUT2D eigenvalue weighted by Crippen LogP contribution is 2.33.